The molecule has 0 saturated heterocycles. The van der Waals surface area contributed by atoms with E-state index in [1.165, 1.54) is 11.3 Å². The molecule has 0 aliphatic carbocycles. The van der Waals surface area contributed by atoms with Crippen LogP contribution in [0.1, 0.15) is 28.7 Å². The zero-order chi connectivity index (χ0) is 14.4. The Morgan fingerprint density at radius 1 is 1.38 bits per heavy atom. The molecule has 4 rings (SSSR count). The molecular weight excluding hydrogens is 286 g/mol. The number of anilines is 1. The topological polar surface area (TPSA) is 81.2 Å². The first-order chi connectivity index (χ1) is 10.2. The fourth-order valence-corrected chi connectivity index (χ4v) is 3.68. The maximum absolute atomic E-state index is 11.9. The van der Waals surface area contributed by atoms with Crippen molar-refractivity contribution in [2.45, 2.75) is 18.9 Å². The van der Waals surface area contributed by atoms with Crippen molar-refractivity contribution in [2.24, 2.45) is 0 Å². The van der Waals surface area contributed by atoms with E-state index in [0.717, 1.165) is 27.3 Å². The number of benzene rings is 1. The van der Waals surface area contributed by atoms with Gasteiger partial charge in [-0.25, -0.2) is 4.98 Å². The third kappa shape index (κ3) is 2.08. The Bertz CT molecular complexity index is 803. The molecular formula is C15H13N3O2S. The van der Waals surface area contributed by atoms with Crippen molar-refractivity contribution in [3.05, 3.63) is 46.7 Å². The van der Waals surface area contributed by atoms with Crippen LogP contribution in [-0.4, -0.2) is 10.9 Å². The van der Waals surface area contributed by atoms with E-state index in [2.05, 4.69) is 10.3 Å². The SMILES string of the molecule is Nc1nc2c(s1)C(c1cc3ccccc3o1)CC(=O)NC2. The molecule has 3 N–H and O–H groups in total. The number of aromatic nitrogens is 1. The van der Waals surface area contributed by atoms with Crippen LogP contribution >= 0.6 is 11.3 Å². The van der Waals surface area contributed by atoms with Gasteiger partial charge in [-0.05, 0) is 12.1 Å². The zero-order valence-corrected chi connectivity index (χ0v) is 11.9. The number of nitrogens with one attached hydrogen (secondary N) is 1. The number of nitrogens with two attached hydrogens (primary N) is 1. The predicted octanol–water partition coefficient (Wildman–Crippen LogP) is 2.62. The van der Waals surface area contributed by atoms with E-state index >= 15 is 0 Å². The number of carbonyl (C=O) groups excluding carboxylic acids is 1. The smallest absolute Gasteiger partial charge is 0.221 e. The van der Waals surface area contributed by atoms with Crippen molar-refractivity contribution in [1.82, 2.24) is 10.3 Å². The van der Waals surface area contributed by atoms with Gasteiger partial charge in [-0.2, -0.15) is 0 Å². The molecule has 1 amide bonds. The first-order valence-corrected chi connectivity index (χ1v) is 7.52. The molecule has 3 aromatic rings. The largest absolute Gasteiger partial charge is 0.460 e. The highest BCUT2D eigenvalue weighted by Gasteiger charge is 2.29. The Morgan fingerprint density at radius 2 is 2.24 bits per heavy atom. The van der Waals surface area contributed by atoms with E-state index in [1.54, 1.807) is 0 Å². The number of thiazole rings is 1. The number of para-hydroxylation sites is 1. The summed E-state index contributed by atoms with van der Waals surface area (Å²) in [6.07, 6.45) is 0.356. The van der Waals surface area contributed by atoms with Gasteiger partial charge in [0.15, 0.2) is 5.13 Å². The molecule has 0 radical (unpaired) electrons. The first kappa shape index (κ1) is 12.4. The average Bonchev–Trinajstić information content (AvgIpc) is 3.02. The molecule has 21 heavy (non-hydrogen) atoms. The Hall–Kier alpha value is -2.34. The van der Waals surface area contributed by atoms with E-state index in [9.17, 15) is 4.79 Å². The predicted molar refractivity (Wildman–Crippen MR) is 81.0 cm³/mol. The lowest BCUT2D eigenvalue weighted by Crippen LogP contribution is -2.21. The van der Waals surface area contributed by atoms with Gasteiger partial charge in [0.05, 0.1) is 18.2 Å². The summed E-state index contributed by atoms with van der Waals surface area (Å²) in [4.78, 5) is 17.3. The number of fused-ring (bicyclic) bond motifs is 2. The van der Waals surface area contributed by atoms with E-state index in [1.807, 2.05) is 30.3 Å². The van der Waals surface area contributed by atoms with Crippen LogP contribution in [0.4, 0.5) is 5.13 Å². The Kier molecular flexibility index (Phi) is 2.71. The van der Waals surface area contributed by atoms with Crippen molar-refractivity contribution < 1.29 is 9.21 Å². The highest BCUT2D eigenvalue weighted by Crippen LogP contribution is 2.39. The Labute approximate surface area is 124 Å². The van der Waals surface area contributed by atoms with Gasteiger partial charge in [0.1, 0.15) is 11.3 Å². The molecule has 1 aliphatic rings. The molecule has 106 valence electrons. The number of rotatable bonds is 1. The number of hydrogen-bond donors (Lipinski definition) is 2. The summed E-state index contributed by atoms with van der Waals surface area (Å²) in [5.41, 5.74) is 7.49. The van der Waals surface area contributed by atoms with Crippen molar-refractivity contribution >= 4 is 33.3 Å². The minimum atomic E-state index is -0.121. The molecule has 1 atom stereocenters. The fourth-order valence-electron chi connectivity index (χ4n) is 2.72. The van der Waals surface area contributed by atoms with Gasteiger partial charge in [0, 0.05) is 16.7 Å². The van der Waals surface area contributed by atoms with Crippen molar-refractivity contribution in [3.63, 3.8) is 0 Å². The second kappa shape index (κ2) is 4.60. The quantitative estimate of drug-likeness (QED) is 0.723. The summed E-state index contributed by atoms with van der Waals surface area (Å²) in [6.45, 7) is 0.429. The molecule has 1 aliphatic heterocycles. The molecule has 2 aromatic heterocycles. The summed E-state index contributed by atoms with van der Waals surface area (Å²) < 4.78 is 5.94. The number of carbonyl (C=O) groups is 1. The highest BCUT2D eigenvalue weighted by molar-refractivity contribution is 7.15. The van der Waals surface area contributed by atoms with Crippen LogP contribution in [0.25, 0.3) is 11.0 Å². The third-order valence-electron chi connectivity index (χ3n) is 3.69. The molecule has 0 saturated carbocycles. The van der Waals surface area contributed by atoms with Crippen LogP contribution in [-0.2, 0) is 11.3 Å². The highest BCUT2D eigenvalue weighted by atomic mass is 32.1. The number of amides is 1. The minimum Gasteiger partial charge on any atom is -0.460 e. The maximum atomic E-state index is 11.9. The molecule has 3 heterocycles. The van der Waals surface area contributed by atoms with E-state index < -0.39 is 0 Å². The summed E-state index contributed by atoms with van der Waals surface area (Å²) in [6, 6.07) is 9.83. The van der Waals surface area contributed by atoms with Crippen LogP contribution < -0.4 is 11.1 Å². The second-order valence-corrected chi connectivity index (χ2v) is 6.15. The summed E-state index contributed by atoms with van der Waals surface area (Å²) in [5, 5.41) is 4.42. The average molecular weight is 299 g/mol. The molecule has 0 bridgehead atoms. The van der Waals surface area contributed by atoms with Crippen LogP contribution in [0.15, 0.2) is 34.7 Å². The van der Waals surface area contributed by atoms with Crippen molar-refractivity contribution in [3.8, 4) is 0 Å². The Balaban J connectivity index is 1.86. The number of nitrogens with zero attached hydrogens (tertiary/aromatic N) is 1. The van der Waals surface area contributed by atoms with Gasteiger partial charge in [0.2, 0.25) is 5.91 Å². The monoisotopic (exact) mass is 299 g/mol. The van der Waals surface area contributed by atoms with E-state index in [4.69, 9.17) is 10.2 Å². The summed E-state index contributed by atoms with van der Waals surface area (Å²) in [5.74, 6) is 0.673. The van der Waals surface area contributed by atoms with Crippen LogP contribution in [0.2, 0.25) is 0 Å². The van der Waals surface area contributed by atoms with Gasteiger partial charge < -0.3 is 15.5 Å². The third-order valence-corrected chi connectivity index (χ3v) is 4.73. The van der Waals surface area contributed by atoms with Crippen LogP contribution in [0.3, 0.4) is 0 Å². The number of nitrogen functional groups attached to an aromatic ring is 1. The molecule has 1 aromatic carbocycles. The lowest BCUT2D eigenvalue weighted by molar-refractivity contribution is -0.121. The zero-order valence-electron chi connectivity index (χ0n) is 11.1. The van der Waals surface area contributed by atoms with Gasteiger partial charge in [-0.3, -0.25) is 4.79 Å². The van der Waals surface area contributed by atoms with Gasteiger partial charge in [-0.1, -0.05) is 18.2 Å². The van der Waals surface area contributed by atoms with Gasteiger partial charge >= 0.3 is 0 Å². The number of furan rings is 1. The van der Waals surface area contributed by atoms with Crippen LogP contribution in [0, 0.1) is 0 Å². The lowest BCUT2D eigenvalue weighted by atomic mass is 9.99. The molecule has 6 heteroatoms. The normalized spacial score (nSPS) is 18.3. The van der Waals surface area contributed by atoms with Crippen molar-refractivity contribution in [2.75, 3.05) is 5.73 Å². The van der Waals surface area contributed by atoms with E-state index in [0.29, 0.717) is 18.1 Å². The molecule has 5 nitrogen and oxygen atoms in total. The minimum absolute atomic E-state index is 0.00391. The fraction of sp³-hybridized carbons (Fsp3) is 0.200. The summed E-state index contributed by atoms with van der Waals surface area (Å²) in [7, 11) is 0. The Morgan fingerprint density at radius 3 is 3.10 bits per heavy atom. The number of hydrogen-bond acceptors (Lipinski definition) is 5. The summed E-state index contributed by atoms with van der Waals surface area (Å²) >= 11 is 1.43. The molecule has 0 spiro atoms. The first-order valence-electron chi connectivity index (χ1n) is 6.71. The molecule has 0 fully saturated rings. The van der Waals surface area contributed by atoms with Crippen molar-refractivity contribution in [1.29, 1.82) is 0 Å². The maximum Gasteiger partial charge on any atom is 0.221 e. The standard InChI is InChI=1S/C15H13N3O2S/c16-15-18-10-7-17-13(19)6-9(14(10)21-15)12-5-8-3-1-2-4-11(8)20-12/h1-5,9H,6-7H2,(H2,16,18)(H,17,19). The van der Waals surface area contributed by atoms with Gasteiger partial charge in [-0.15, -0.1) is 11.3 Å². The lowest BCUT2D eigenvalue weighted by Gasteiger charge is -2.09. The van der Waals surface area contributed by atoms with Gasteiger partial charge in [0.25, 0.3) is 0 Å². The van der Waals surface area contributed by atoms with E-state index in [-0.39, 0.29) is 11.8 Å². The molecule has 1 unspecified atom stereocenters. The second-order valence-electron chi connectivity index (χ2n) is 5.08. The van der Waals surface area contributed by atoms with Crippen LogP contribution in [0.5, 0.6) is 0 Å².